The summed E-state index contributed by atoms with van der Waals surface area (Å²) < 4.78 is 5.28. The summed E-state index contributed by atoms with van der Waals surface area (Å²) in [6.07, 6.45) is 0.884. The van der Waals surface area contributed by atoms with E-state index >= 15 is 0 Å². The van der Waals surface area contributed by atoms with Gasteiger partial charge in [-0.25, -0.2) is 0 Å². The Bertz CT molecular complexity index is 810. The number of nitrogens with zero attached hydrogens (tertiary/aromatic N) is 2. The zero-order chi connectivity index (χ0) is 17.9. The molecule has 4 rings (SSSR count). The molecule has 2 aromatic carbocycles. The van der Waals surface area contributed by atoms with E-state index in [2.05, 4.69) is 12.1 Å². The van der Waals surface area contributed by atoms with Crippen molar-refractivity contribution >= 4 is 11.8 Å². The second kappa shape index (κ2) is 7.30. The van der Waals surface area contributed by atoms with Crippen molar-refractivity contribution in [2.75, 3.05) is 32.8 Å². The number of hydrogen-bond donors (Lipinski definition) is 0. The Hall–Kier alpha value is -2.66. The lowest BCUT2D eigenvalue weighted by atomic mass is 9.99. The van der Waals surface area contributed by atoms with Crippen LogP contribution in [-0.2, 0) is 17.7 Å². The predicted octanol–water partition coefficient (Wildman–Crippen LogP) is 2.36. The minimum atomic E-state index is -0.000742. The standard InChI is InChI=1S/C21H22N2O3/c24-20(22-11-13-26-14-12-22)17-5-7-18(8-6-17)21(25)23-10-9-16-3-1-2-4-19(16)15-23/h1-8H,9-15H2. The van der Waals surface area contributed by atoms with Gasteiger partial charge in [-0.2, -0.15) is 0 Å². The Morgan fingerprint density at radius 1 is 0.731 bits per heavy atom. The SMILES string of the molecule is O=C(c1ccc(C(=O)N2CCc3ccccc3C2)cc1)N1CCOCC1. The fourth-order valence-electron chi connectivity index (χ4n) is 3.56. The molecule has 1 saturated heterocycles. The number of amides is 2. The summed E-state index contributed by atoms with van der Waals surface area (Å²) in [5, 5.41) is 0. The molecule has 2 aromatic rings. The molecule has 2 aliphatic rings. The molecule has 0 saturated carbocycles. The molecule has 1 fully saturated rings. The molecule has 0 radical (unpaired) electrons. The van der Waals surface area contributed by atoms with E-state index in [0.29, 0.717) is 44.0 Å². The van der Waals surface area contributed by atoms with Gasteiger partial charge in [-0.1, -0.05) is 24.3 Å². The van der Waals surface area contributed by atoms with E-state index in [1.165, 1.54) is 11.1 Å². The third-order valence-corrected chi connectivity index (χ3v) is 5.09. The Morgan fingerprint density at radius 3 is 1.96 bits per heavy atom. The Kier molecular flexibility index (Phi) is 4.71. The molecule has 2 aliphatic heterocycles. The van der Waals surface area contributed by atoms with Crippen LogP contribution in [0.3, 0.4) is 0 Å². The highest BCUT2D eigenvalue weighted by molar-refractivity contribution is 5.98. The summed E-state index contributed by atoms with van der Waals surface area (Å²) in [4.78, 5) is 29.0. The third-order valence-electron chi connectivity index (χ3n) is 5.09. The lowest BCUT2D eigenvalue weighted by molar-refractivity contribution is 0.0303. The molecular formula is C21H22N2O3. The van der Waals surface area contributed by atoms with Gasteiger partial charge in [0.05, 0.1) is 13.2 Å². The van der Waals surface area contributed by atoms with E-state index in [0.717, 1.165) is 13.0 Å². The van der Waals surface area contributed by atoms with Crippen LogP contribution < -0.4 is 0 Å². The van der Waals surface area contributed by atoms with Crippen LogP contribution in [0.1, 0.15) is 31.8 Å². The quantitative estimate of drug-likeness (QED) is 0.835. The average molecular weight is 350 g/mol. The van der Waals surface area contributed by atoms with Gasteiger partial charge >= 0.3 is 0 Å². The maximum Gasteiger partial charge on any atom is 0.254 e. The lowest BCUT2D eigenvalue weighted by Gasteiger charge is -2.29. The minimum absolute atomic E-state index is 0.000742. The highest BCUT2D eigenvalue weighted by Gasteiger charge is 2.22. The summed E-state index contributed by atoms with van der Waals surface area (Å²) in [6, 6.07) is 15.3. The zero-order valence-corrected chi connectivity index (χ0v) is 14.7. The van der Waals surface area contributed by atoms with Crippen molar-refractivity contribution in [3.8, 4) is 0 Å². The van der Waals surface area contributed by atoms with E-state index in [4.69, 9.17) is 4.74 Å². The van der Waals surface area contributed by atoms with Crippen LogP contribution >= 0.6 is 0 Å². The van der Waals surface area contributed by atoms with E-state index in [1.54, 1.807) is 29.2 Å². The van der Waals surface area contributed by atoms with Crippen molar-refractivity contribution in [3.63, 3.8) is 0 Å². The lowest BCUT2D eigenvalue weighted by Crippen LogP contribution is -2.40. The van der Waals surface area contributed by atoms with Crippen LogP contribution in [-0.4, -0.2) is 54.5 Å². The van der Waals surface area contributed by atoms with Gasteiger partial charge in [0.1, 0.15) is 0 Å². The number of benzene rings is 2. The molecule has 0 atom stereocenters. The molecule has 0 unspecified atom stereocenters. The summed E-state index contributed by atoms with van der Waals surface area (Å²) >= 11 is 0. The predicted molar refractivity (Wildman–Crippen MR) is 98.1 cm³/mol. The Balaban J connectivity index is 1.45. The number of morpholine rings is 1. The molecule has 0 aliphatic carbocycles. The van der Waals surface area contributed by atoms with Gasteiger partial charge in [0.2, 0.25) is 0 Å². The number of fused-ring (bicyclic) bond motifs is 1. The molecule has 5 nitrogen and oxygen atoms in total. The fraction of sp³-hybridized carbons (Fsp3) is 0.333. The van der Waals surface area contributed by atoms with Crippen LogP contribution in [0.5, 0.6) is 0 Å². The van der Waals surface area contributed by atoms with Crippen molar-refractivity contribution in [2.24, 2.45) is 0 Å². The molecule has 2 amide bonds. The second-order valence-electron chi connectivity index (χ2n) is 6.73. The molecule has 0 bridgehead atoms. The van der Waals surface area contributed by atoms with E-state index in [1.807, 2.05) is 17.0 Å². The largest absolute Gasteiger partial charge is 0.378 e. The first kappa shape index (κ1) is 16.8. The van der Waals surface area contributed by atoms with Crippen molar-refractivity contribution in [1.82, 2.24) is 9.80 Å². The normalized spacial score (nSPS) is 16.9. The van der Waals surface area contributed by atoms with Crippen LogP contribution in [0.4, 0.5) is 0 Å². The average Bonchev–Trinajstić information content (AvgIpc) is 2.73. The summed E-state index contributed by atoms with van der Waals surface area (Å²) in [5.74, 6) is 0.0177. The van der Waals surface area contributed by atoms with Crippen LogP contribution in [0.2, 0.25) is 0 Å². The monoisotopic (exact) mass is 350 g/mol. The molecule has 5 heteroatoms. The van der Waals surface area contributed by atoms with Crippen LogP contribution in [0.15, 0.2) is 48.5 Å². The number of carbonyl (C=O) groups is 2. The van der Waals surface area contributed by atoms with Crippen LogP contribution in [0, 0.1) is 0 Å². The van der Waals surface area contributed by atoms with E-state index in [9.17, 15) is 9.59 Å². The Morgan fingerprint density at radius 2 is 1.31 bits per heavy atom. The number of rotatable bonds is 2. The van der Waals surface area contributed by atoms with Gasteiger partial charge in [-0.05, 0) is 41.8 Å². The highest BCUT2D eigenvalue weighted by Crippen LogP contribution is 2.20. The van der Waals surface area contributed by atoms with E-state index < -0.39 is 0 Å². The van der Waals surface area contributed by atoms with Gasteiger partial charge < -0.3 is 14.5 Å². The van der Waals surface area contributed by atoms with Gasteiger partial charge in [0.25, 0.3) is 11.8 Å². The minimum Gasteiger partial charge on any atom is -0.378 e. The maximum absolute atomic E-state index is 12.8. The van der Waals surface area contributed by atoms with Crippen molar-refractivity contribution < 1.29 is 14.3 Å². The first-order valence-corrected chi connectivity index (χ1v) is 9.05. The molecule has 0 spiro atoms. The summed E-state index contributed by atoms with van der Waals surface area (Å²) in [7, 11) is 0. The maximum atomic E-state index is 12.8. The zero-order valence-electron chi connectivity index (χ0n) is 14.7. The van der Waals surface area contributed by atoms with Gasteiger partial charge in [-0.15, -0.1) is 0 Å². The van der Waals surface area contributed by atoms with Crippen molar-refractivity contribution in [3.05, 3.63) is 70.8 Å². The molecule has 26 heavy (non-hydrogen) atoms. The highest BCUT2D eigenvalue weighted by atomic mass is 16.5. The number of carbonyl (C=O) groups excluding carboxylic acids is 2. The molecule has 0 aromatic heterocycles. The summed E-state index contributed by atoms with van der Waals surface area (Å²) in [5.41, 5.74) is 3.78. The smallest absolute Gasteiger partial charge is 0.254 e. The Labute approximate surface area is 153 Å². The second-order valence-corrected chi connectivity index (χ2v) is 6.73. The van der Waals surface area contributed by atoms with Crippen molar-refractivity contribution in [2.45, 2.75) is 13.0 Å². The van der Waals surface area contributed by atoms with Gasteiger partial charge in [0, 0.05) is 37.3 Å². The third kappa shape index (κ3) is 3.35. The first-order valence-electron chi connectivity index (χ1n) is 9.05. The van der Waals surface area contributed by atoms with Gasteiger partial charge in [-0.3, -0.25) is 9.59 Å². The number of hydrogen-bond acceptors (Lipinski definition) is 3. The topological polar surface area (TPSA) is 49.9 Å². The van der Waals surface area contributed by atoms with Gasteiger partial charge in [0.15, 0.2) is 0 Å². The van der Waals surface area contributed by atoms with E-state index in [-0.39, 0.29) is 11.8 Å². The first-order chi connectivity index (χ1) is 12.7. The molecule has 134 valence electrons. The molecular weight excluding hydrogens is 328 g/mol. The molecule has 2 heterocycles. The van der Waals surface area contributed by atoms with Crippen molar-refractivity contribution in [1.29, 1.82) is 0 Å². The summed E-state index contributed by atoms with van der Waals surface area (Å²) in [6.45, 7) is 3.77. The fourth-order valence-corrected chi connectivity index (χ4v) is 3.56. The number of ether oxygens (including phenoxy) is 1. The van der Waals surface area contributed by atoms with Crippen LogP contribution in [0.25, 0.3) is 0 Å². The molecule has 0 N–H and O–H groups in total.